The highest BCUT2D eigenvalue weighted by molar-refractivity contribution is 5.97. The summed E-state index contributed by atoms with van der Waals surface area (Å²) in [5, 5.41) is 6.28. The van der Waals surface area contributed by atoms with E-state index in [9.17, 15) is 9.59 Å². The van der Waals surface area contributed by atoms with Crippen LogP contribution in [0.2, 0.25) is 0 Å². The Hall–Kier alpha value is -4.02. The second-order valence-electron chi connectivity index (χ2n) is 9.58. The first-order valence-electron chi connectivity index (χ1n) is 13.3. The molecule has 2 aliphatic rings. The van der Waals surface area contributed by atoms with Crippen LogP contribution in [0.5, 0.6) is 0 Å². The van der Waals surface area contributed by atoms with E-state index in [1.807, 2.05) is 47.4 Å². The molecule has 3 heterocycles. The number of carbonyl (C=O) groups excluding carboxylic acids is 2. The molecule has 3 aromatic rings. The van der Waals surface area contributed by atoms with Crippen LogP contribution >= 0.6 is 0 Å². The van der Waals surface area contributed by atoms with Gasteiger partial charge in [0, 0.05) is 63.0 Å². The molecule has 39 heavy (non-hydrogen) atoms. The SMILES string of the molecule is COCCC(=O)N1CCN(c2ccc(Nc3nccc(-c4ccccc4NC(=O)C4CCCO4)n3)cc2)CC1. The normalized spacial score (nSPS) is 17.2. The summed E-state index contributed by atoms with van der Waals surface area (Å²) in [5.41, 5.74) is 4.17. The molecule has 5 rings (SSSR count). The van der Waals surface area contributed by atoms with Crippen LogP contribution < -0.4 is 15.5 Å². The van der Waals surface area contributed by atoms with E-state index in [2.05, 4.69) is 32.7 Å². The molecule has 1 aromatic heterocycles. The maximum atomic E-state index is 12.6. The lowest BCUT2D eigenvalue weighted by molar-refractivity contribution is -0.132. The zero-order chi connectivity index (χ0) is 27.0. The molecule has 0 aliphatic carbocycles. The molecular weight excluding hydrogens is 496 g/mol. The van der Waals surface area contributed by atoms with E-state index < -0.39 is 6.10 Å². The van der Waals surface area contributed by atoms with E-state index in [-0.39, 0.29) is 11.8 Å². The highest BCUT2D eigenvalue weighted by atomic mass is 16.5. The summed E-state index contributed by atoms with van der Waals surface area (Å²) in [6.07, 6.45) is 3.35. The summed E-state index contributed by atoms with van der Waals surface area (Å²) in [7, 11) is 1.61. The Labute approximate surface area is 228 Å². The van der Waals surface area contributed by atoms with E-state index >= 15 is 0 Å². The molecular formula is C29H34N6O4. The second-order valence-corrected chi connectivity index (χ2v) is 9.58. The molecule has 0 spiro atoms. The van der Waals surface area contributed by atoms with Gasteiger partial charge in [0.15, 0.2) is 0 Å². The number of ether oxygens (including phenoxy) is 2. The molecule has 1 unspecified atom stereocenters. The number of anilines is 4. The van der Waals surface area contributed by atoms with Crippen molar-refractivity contribution in [2.45, 2.75) is 25.4 Å². The Morgan fingerprint density at radius 3 is 2.59 bits per heavy atom. The van der Waals surface area contributed by atoms with Gasteiger partial charge in [-0.1, -0.05) is 18.2 Å². The van der Waals surface area contributed by atoms with Crippen LogP contribution in [0.25, 0.3) is 11.3 Å². The number of nitrogens with zero attached hydrogens (tertiary/aromatic N) is 4. The Balaban J connectivity index is 1.21. The smallest absolute Gasteiger partial charge is 0.253 e. The summed E-state index contributed by atoms with van der Waals surface area (Å²) in [6.45, 7) is 4.07. The molecule has 10 heteroatoms. The van der Waals surface area contributed by atoms with Crippen LogP contribution in [0.15, 0.2) is 60.8 Å². The molecule has 2 N–H and O–H groups in total. The molecule has 1 atom stereocenters. The number of carbonyl (C=O) groups is 2. The fourth-order valence-corrected chi connectivity index (χ4v) is 4.83. The summed E-state index contributed by atoms with van der Waals surface area (Å²) < 4.78 is 10.5. The number of amides is 2. The number of nitrogens with one attached hydrogen (secondary N) is 2. The van der Waals surface area contributed by atoms with Gasteiger partial charge in [-0.3, -0.25) is 9.59 Å². The number of aromatic nitrogens is 2. The summed E-state index contributed by atoms with van der Waals surface area (Å²) in [6, 6.07) is 17.5. The average molecular weight is 531 g/mol. The number of methoxy groups -OCH3 is 1. The van der Waals surface area contributed by atoms with Crippen molar-refractivity contribution in [1.29, 1.82) is 0 Å². The van der Waals surface area contributed by atoms with Gasteiger partial charge in [0.25, 0.3) is 5.91 Å². The van der Waals surface area contributed by atoms with Gasteiger partial charge in [0.1, 0.15) is 6.10 Å². The minimum Gasteiger partial charge on any atom is -0.384 e. The monoisotopic (exact) mass is 530 g/mol. The molecule has 2 aliphatic heterocycles. The van der Waals surface area contributed by atoms with Crippen molar-refractivity contribution >= 4 is 34.8 Å². The van der Waals surface area contributed by atoms with Crippen molar-refractivity contribution < 1.29 is 19.1 Å². The first-order chi connectivity index (χ1) is 19.1. The molecule has 0 saturated carbocycles. The van der Waals surface area contributed by atoms with Gasteiger partial charge in [0.2, 0.25) is 11.9 Å². The Kier molecular flexibility index (Phi) is 8.65. The largest absolute Gasteiger partial charge is 0.384 e. The van der Waals surface area contributed by atoms with Crippen molar-refractivity contribution in [3.8, 4) is 11.3 Å². The minimum atomic E-state index is -0.407. The molecule has 2 saturated heterocycles. The second kappa shape index (κ2) is 12.7. The Morgan fingerprint density at radius 2 is 1.85 bits per heavy atom. The van der Waals surface area contributed by atoms with Crippen molar-refractivity contribution in [1.82, 2.24) is 14.9 Å². The predicted octanol–water partition coefficient (Wildman–Crippen LogP) is 3.69. The van der Waals surface area contributed by atoms with E-state index in [4.69, 9.17) is 14.5 Å². The van der Waals surface area contributed by atoms with Gasteiger partial charge in [-0.2, -0.15) is 0 Å². The van der Waals surface area contributed by atoms with E-state index in [1.165, 1.54) is 0 Å². The number of hydrogen-bond donors (Lipinski definition) is 2. The predicted molar refractivity (Wildman–Crippen MR) is 150 cm³/mol. The maximum Gasteiger partial charge on any atom is 0.253 e. The lowest BCUT2D eigenvalue weighted by Crippen LogP contribution is -2.49. The molecule has 2 fully saturated rings. The van der Waals surface area contributed by atoms with Gasteiger partial charge in [-0.15, -0.1) is 0 Å². The Morgan fingerprint density at radius 1 is 1.05 bits per heavy atom. The van der Waals surface area contributed by atoms with Crippen LogP contribution in [0.1, 0.15) is 19.3 Å². The minimum absolute atomic E-state index is 0.133. The fraction of sp³-hybridized carbons (Fsp3) is 0.379. The third kappa shape index (κ3) is 6.71. The molecule has 2 aromatic carbocycles. The zero-order valence-corrected chi connectivity index (χ0v) is 22.1. The van der Waals surface area contributed by atoms with Crippen LogP contribution in [0.4, 0.5) is 23.0 Å². The number of benzene rings is 2. The van der Waals surface area contributed by atoms with Gasteiger partial charge in [-0.25, -0.2) is 9.97 Å². The summed E-state index contributed by atoms with van der Waals surface area (Å²) in [5.74, 6) is 0.473. The van der Waals surface area contributed by atoms with Gasteiger partial charge >= 0.3 is 0 Å². The summed E-state index contributed by atoms with van der Waals surface area (Å²) >= 11 is 0. The molecule has 0 bridgehead atoms. The van der Waals surface area contributed by atoms with Crippen LogP contribution in [0, 0.1) is 0 Å². The van der Waals surface area contributed by atoms with Crippen molar-refractivity contribution in [3.05, 3.63) is 60.8 Å². The third-order valence-corrected chi connectivity index (χ3v) is 6.98. The average Bonchev–Trinajstić information content (AvgIpc) is 3.52. The number of para-hydroxylation sites is 1. The summed E-state index contributed by atoms with van der Waals surface area (Å²) in [4.78, 5) is 38.1. The maximum absolute atomic E-state index is 12.6. The fourth-order valence-electron chi connectivity index (χ4n) is 4.83. The van der Waals surface area contributed by atoms with E-state index in [0.29, 0.717) is 50.1 Å². The molecule has 0 radical (unpaired) electrons. The number of rotatable bonds is 9. The van der Waals surface area contributed by atoms with Gasteiger partial charge in [-0.05, 0) is 49.2 Å². The van der Waals surface area contributed by atoms with Crippen LogP contribution in [0.3, 0.4) is 0 Å². The first-order valence-corrected chi connectivity index (χ1v) is 13.3. The highest BCUT2D eigenvalue weighted by Crippen LogP contribution is 2.28. The van der Waals surface area contributed by atoms with Gasteiger partial charge in [0.05, 0.1) is 24.4 Å². The first kappa shape index (κ1) is 26.6. The lowest BCUT2D eigenvalue weighted by Gasteiger charge is -2.36. The quantitative estimate of drug-likeness (QED) is 0.431. The molecule has 10 nitrogen and oxygen atoms in total. The van der Waals surface area contributed by atoms with Crippen LogP contribution in [-0.4, -0.2) is 79.3 Å². The van der Waals surface area contributed by atoms with E-state index in [0.717, 1.165) is 42.9 Å². The van der Waals surface area contributed by atoms with E-state index in [1.54, 1.807) is 13.3 Å². The standard InChI is InChI=1S/C29H34N6O4/c1-38-20-13-27(36)35-17-15-34(16-18-35)22-10-8-21(9-11-22)31-29-30-14-12-25(33-29)23-5-2-3-6-24(23)32-28(37)26-7-4-19-39-26/h2-3,5-6,8-12,14,26H,4,7,13,15-20H2,1H3,(H,32,37)(H,30,31,33). The molecule has 204 valence electrons. The third-order valence-electron chi connectivity index (χ3n) is 6.98. The lowest BCUT2D eigenvalue weighted by atomic mass is 10.1. The molecule has 2 amide bonds. The van der Waals surface area contributed by atoms with Crippen LogP contribution in [-0.2, 0) is 19.1 Å². The number of piperazine rings is 1. The Bertz CT molecular complexity index is 1270. The highest BCUT2D eigenvalue weighted by Gasteiger charge is 2.24. The van der Waals surface area contributed by atoms with Crippen molar-refractivity contribution in [2.75, 3.05) is 62.0 Å². The topological polar surface area (TPSA) is 109 Å². The van der Waals surface area contributed by atoms with Crippen molar-refractivity contribution in [2.24, 2.45) is 0 Å². The van der Waals surface area contributed by atoms with Gasteiger partial charge < -0.3 is 29.9 Å². The zero-order valence-electron chi connectivity index (χ0n) is 22.1. The number of hydrogen-bond acceptors (Lipinski definition) is 8. The van der Waals surface area contributed by atoms with Crippen molar-refractivity contribution in [3.63, 3.8) is 0 Å².